The maximum Gasteiger partial charge on any atom is 0.472 e. The van der Waals surface area contributed by atoms with Gasteiger partial charge in [-0.25, -0.2) is 4.57 Å². The number of allylic oxidation sites excluding steroid dienone is 2. The van der Waals surface area contributed by atoms with Crippen molar-refractivity contribution in [2.75, 3.05) is 26.4 Å². The molecule has 0 bridgehead atoms. The van der Waals surface area contributed by atoms with Gasteiger partial charge < -0.3 is 20.1 Å². The van der Waals surface area contributed by atoms with Gasteiger partial charge in [-0.15, -0.1) is 0 Å². The minimum absolute atomic E-state index is 0.0546. The smallest absolute Gasteiger partial charge is 0.462 e. The Morgan fingerprint density at radius 2 is 1.00 bits per heavy atom. The van der Waals surface area contributed by atoms with Crippen molar-refractivity contribution in [1.29, 1.82) is 0 Å². The predicted molar refractivity (Wildman–Crippen MR) is 206 cm³/mol. The van der Waals surface area contributed by atoms with E-state index in [1.807, 2.05) is 0 Å². The van der Waals surface area contributed by atoms with Gasteiger partial charge in [0.25, 0.3) is 0 Å². The van der Waals surface area contributed by atoms with Crippen LogP contribution in [0, 0.1) is 0 Å². The average molecular weight is 732 g/mol. The van der Waals surface area contributed by atoms with Crippen molar-refractivity contribution in [3.05, 3.63) is 12.2 Å². The number of esters is 2. The van der Waals surface area contributed by atoms with Crippen molar-refractivity contribution in [3.63, 3.8) is 0 Å². The summed E-state index contributed by atoms with van der Waals surface area (Å²) < 4.78 is 32.7. The highest BCUT2D eigenvalue weighted by molar-refractivity contribution is 7.47. The lowest BCUT2D eigenvalue weighted by atomic mass is 10.0. The highest BCUT2D eigenvalue weighted by Gasteiger charge is 2.26. The van der Waals surface area contributed by atoms with Gasteiger partial charge in [0, 0.05) is 19.4 Å². The lowest BCUT2D eigenvalue weighted by molar-refractivity contribution is -0.161. The average Bonchev–Trinajstić information content (AvgIpc) is 3.10. The van der Waals surface area contributed by atoms with Gasteiger partial charge in [0.2, 0.25) is 0 Å². The summed E-state index contributed by atoms with van der Waals surface area (Å²) in [6.45, 7) is 3.70. The first kappa shape index (κ1) is 48.8. The van der Waals surface area contributed by atoms with Gasteiger partial charge in [0.05, 0.1) is 13.2 Å². The molecule has 0 fully saturated rings. The van der Waals surface area contributed by atoms with Gasteiger partial charge in [0.1, 0.15) is 6.61 Å². The molecule has 9 nitrogen and oxygen atoms in total. The van der Waals surface area contributed by atoms with Crippen molar-refractivity contribution in [1.82, 2.24) is 0 Å². The molecule has 0 aromatic carbocycles. The summed E-state index contributed by atoms with van der Waals surface area (Å²) in [5, 5.41) is 0. The van der Waals surface area contributed by atoms with E-state index in [9.17, 15) is 19.0 Å². The number of ether oxygens (including phenoxy) is 2. The first-order chi connectivity index (χ1) is 24.3. The van der Waals surface area contributed by atoms with E-state index in [2.05, 4.69) is 26.0 Å². The Labute approximate surface area is 307 Å². The first-order valence-corrected chi connectivity index (χ1v) is 22.2. The number of nitrogens with two attached hydrogens (primary N) is 1. The topological polar surface area (TPSA) is 134 Å². The van der Waals surface area contributed by atoms with Gasteiger partial charge in [-0.3, -0.25) is 18.6 Å². The molecular weight excluding hydrogens is 653 g/mol. The van der Waals surface area contributed by atoms with E-state index in [0.29, 0.717) is 6.42 Å². The third-order valence-corrected chi connectivity index (χ3v) is 9.89. The van der Waals surface area contributed by atoms with Gasteiger partial charge in [-0.1, -0.05) is 167 Å². The van der Waals surface area contributed by atoms with Crippen LogP contribution in [0.2, 0.25) is 0 Å². The van der Waals surface area contributed by atoms with Crippen LogP contribution in [0.5, 0.6) is 0 Å². The zero-order valence-electron chi connectivity index (χ0n) is 32.4. The largest absolute Gasteiger partial charge is 0.472 e. The third kappa shape index (κ3) is 36.5. The van der Waals surface area contributed by atoms with Crippen molar-refractivity contribution >= 4 is 19.8 Å². The molecule has 10 heteroatoms. The summed E-state index contributed by atoms with van der Waals surface area (Å²) in [7, 11) is -4.37. The lowest BCUT2D eigenvalue weighted by Crippen LogP contribution is -2.29. The molecule has 3 N–H and O–H groups in total. The van der Waals surface area contributed by atoms with Crippen LogP contribution >= 0.6 is 7.82 Å². The minimum Gasteiger partial charge on any atom is -0.462 e. The van der Waals surface area contributed by atoms with E-state index in [0.717, 1.165) is 57.8 Å². The van der Waals surface area contributed by atoms with E-state index < -0.39 is 26.5 Å². The first-order valence-electron chi connectivity index (χ1n) is 20.7. The Bertz CT molecular complexity index is 840. The Kier molecular flexibility index (Phi) is 36.6. The van der Waals surface area contributed by atoms with Crippen LogP contribution < -0.4 is 5.73 Å². The van der Waals surface area contributed by atoms with Crippen LogP contribution in [0.4, 0.5) is 0 Å². The summed E-state index contributed by atoms with van der Waals surface area (Å²) in [6, 6.07) is 0. The fraction of sp³-hybridized carbons (Fsp3) is 0.900. The van der Waals surface area contributed by atoms with Crippen LogP contribution in [0.1, 0.15) is 200 Å². The van der Waals surface area contributed by atoms with Crippen LogP contribution in [0.15, 0.2) is 12.2 Å². The molecule has 0 heterocycles. The van der Waals surface area contributed by atoms with Crippen molar-refractivity contribution < 1.29 is 37.6 Å². The predicted octanol–water partition coefficient (Wildman–Crippen LogP) is 11.4. The second kappa shape index (κ2) is 37.5. The number of unbranched alkanes of at least 4 members (excludes halogenated alkanes) is 24. The Balaban J connectivity index is 4.09. The number of hydrogen-bond acceptors (Lipinski definition) is 8. The fourth-order valence-corrected chi connectivity index (χ4v) is 6.56. The van der Waals surface area contributed by atoms with Gasteiger partial charge in [-0.05, 0) is 32.1 Å². The molecule has 296 valence electrons. The maximum absolute atomic E-state index is 12.5. The minimum atomic E-state index is -4.37. The summed E-state index contributed by atoms with van der Waals surface area (Å²) in [5.74, 6) is -0.832. The Morgan fingerprint density at radius 1 is 0.580 bits per heavy atom. The van der Waals surface area contributed by atoms with Gasteiger partial charge >= 0.3 is 19.8 Å². The third-order valence-electron chi connectivity index (χ3n) is 8.90. The summed E-state index contributed by atoms with van der Waals surface area (Å²) in [5.41, 5.74) is 5.33. The molecule has 0 aromatic heterocycles. The highest BCUT2D eigenvalue weighted by atomic mass is 31.2. The number of phosphoric ester groups is 1. The monoisotopic (exact) mass is 732 g/mol. The number of hydrogen-bond donors (Lipinski definition) is 2. The van der Waals surface area contributed by atoms with Crippen LogP contribution in [0.3, 0.4) is 0 Å². The van der Waals surface area contributed by atoms with Crippen molar-refractivity contribution in [2.24, 2.45) is 5.73 Å². The molecule has 0 rings (SSSR count). The van der Waals surface area contributed by atoms with E-state index in [1.165, 1.54) is 109 Å². The van der Waals surface area contributed by atoms with Gasteiger partial charge in [-0.2, -0.15) is 0 Å². The van der Waals surface area contributed by atoms with E-state index in [1.54, 1.807) is 0 Å². The second-order valence-corrected chi connectivity index (χ2v) is 15.3. The summed E-state index contributed by atoms with van der Waals surface area (Å²) in [6.07, 6.45) is 36.7. The molecule has 2 atom stereocenters. The van der Waals surface area contributed by atoms with Crippen LogP contribution in [-0.4, -0.2) is 49.3 Å². The molecule has 50 heavy (non-hydrogen) atoms. The molecule has 0 aliphatic heterocycles. The summed E-state index contributed by atoms with van der Waals surface area (Å²) >= 11 is 0. The standard InChI is InChI=1S/C40H78NO8P/c1-3-5-7-9-11-13-15-16-17-18-19-20-21-23-24-26-28-30-32-39(42)46-36-38(37-48-50(44,45)47-35-34-41)49-40(43)33-31-29-27-25-22-14-12-10-8-6-4-2/h10,12,38H,3-9,11,13-37,41H2,1-2H3,(H,44,45)/b12-10+/t38-/m0/s1. The Hall–Kier alpha value is -1.25. The molecule has 0 aromatic rings. The fourth-order valence-electron chi connectivity index (χ4n) is 5.79. The summed E-state index contributed by atoms with van der Waals surface area (Å²) in [4.78, 5) is 34.7. The molecule has 0 saturated heterocycles. The molecule has 0 aliphatic carbocycles. The number of carbonyl (C=O) groups excluding carboxylic acids is 2. The van der Waals surface area contributed by atoms with Crippen molar-refractivity contribution in [3.8, 4) is 0 Å². The van der Waals surface area contributed by atoms with Gasteiger partial charge in [0.15, 0.2) is 6.10 Å². The van der Waals surface area contributed by atoms with E-state index in [-0.39, 0.29) is 38.6 Å². The molecule has 0 saturated carbocycles. The van der Waals surface area contributed by atoms with Crippen molar-refractivity contribution in [2.45, 2.75) is 206 Å². The molecule has 0 radical (unpaired) electrons. The maximum atomic E-state index is 12.5. The number of rotatable bonds is 39. The van der Waals surface area contributed by atoms with Crippen LogP contribution in [0.25, 0.3) is 0 Å². The number of phosphoric acid groups is 1. The van der Waals surface area contributed by atoms with E-state index >= 15 is 0 Å². The Morgan fingerprint density at radius 3 is 1.48 bits per heavy atom. The number of carbonyl (C=O) groups is 2. The SMILES string of the molecule is CCCC/C=C/CCCCCCCC(=O)O[C@@H](COC(=O)CCCCCCCCCCCCCCCCCCCC)COP(=O)(O)OCCN. The zero-order valence-corrected chi connectivity index (χ0v) is 33.3. The second-order valence-electron chi connectivity index (χ2n) is 13.9. The molecule has 0 aliphatic rings. The lowest BCUT2D eigenvalue weighted by Gasteiger charge is -2.19. The van der Waals surface area contributed by atoms with E-state index in [4.69, 9.17) is 24.3 Å². The highest BCUT2D eigenvalue weighted by Crippen LogP contribution is 2.43. The molecule has 1 unspecified atom stereocenters. The molecule has 0 spiro atoms. The molecular formula is C40H78NO8P. The van der Waals surface area contributed by atoms with Crippen LogP contribution in [-0.2, 0) is 32.7 Å². The molecule has 0 amide bonds. The normalized spacial score (nSPS) is 13.4. The zero-order chi connectivity index (χ0) is 36.8. The quantitative estimate of drug-likeness (QED) is 0.0274.